The number of nitrogens with zero attached hydrogens (tertiary/aromatic N) is 2. The van der Waals surface area contributed by atoms with E-state index in [-0.39, 0.29) is 5.91 Å². The van der Waals surface area contributed by atoms with E-state index in [1.54, 1.807) is 18.5 Å². The highest BCUT2D eigenvalue weighted by Gasteiger charge is 2.07. The summed E-state index contributed by atoms with van der Waals surface area (Å²) in [4.78, 5) is 20.5. The smallest absolute Gasteiger partial charge is 0.270 e. The zero-order chi connectivity index (χ0) is 17.5. The second-order valence-corrected chi connectivity index (χ2v) is 5.61. The lowest BCUT2D eigenvalue weighted by Crippen LogP contribution is -2.24. The fourth-order valence-electron chi connectivity index (χ4n) is 2.36. The third kappa shape index (κ3) is 4.64. The summed E-state index contributed by atoms with van der Waals surface area (Å²) in [5, 5.41) is 6.09. The molecule has 0 unspecified atom stereocenters. The van der Waals surface area contributed by atoms with Gasteiger partial charge in [0, 0.05) is 11.9 Å². The molecule has 2 N–H and O–H groups in total. The fourth-order valence-corrected chi connectivity index (χ4v) is 2.36. The van der Waals surface area contributed by atoms with Gasteiger partial charge in [-0.3, -0.25) is 9.78 Å². The first kappa shape index (κ1) is 16.6. The lowest BCUT2D eigenvalue weighted by molar-refractivity contribution is 0.0945. The van der Waals surface area contributed by atoms with Crippen LogP contribution in [0.2, 0.25) is 0 Å². The number of aromatic nitrogens is 2. The molecule has 25 heavy (non-hydrogen) atoms. The van der Waals surface area contributed by atoms with Crippen LogP contribution in [0.25, 0.3) is 0 Å². The van der Waals surface area contributed by atoms with E-state index in [1.165, 1.54) is 5.56 Å². The first-order valence-electron chi connectivity index (χ1n) is 8.24. The maximum absolute atomic E-state index is 12.1. The quantitative estimate of drug-likeness (QED) is 0.722. The number of hydrogen-bond acceptors (Lipinski definition) is 4. The van der Waals surface area contributed by atoms with Crippen molar-refractivity contribution in [1.29, 1.82) is 0 Å². The third-order valence-corrected chi connectivity index (χ3v) is 3.80. The Morgan fingerprint density at radius 3 is 2.40 bits per heavy atom. The Morgan fingerprint density at radius 1 is 0.960 bits per heavy atom. The summed E-state index contributed by atoms with van der Waals surface area (Å²) in [6.07, 6.45) is 4.38. The lowest BCUT2D eigenvalue weighted by Gasteiger charge is -2.08. The maximum atomic E-state index is 12.1. The largest absolute Gasteiger partial charge is 0.354 e. The van der Waals surface area contributed by atoms with Crippen LogP contribution in [0.3, 0.4) is 0 Å². The molecule has 3 rings (SSSR count). The molecule has 5 heteroatoms. The van der Waals surface area contributed by atoms with E-state index in [0.717, 1.165) is 23.5 Å². The number of rotatable bonds is 6. The van der Waals surface area contributed by atoms with Crippen LogP contribution in [0.5, 0.6) is 0 Å². The van der Waals surface area contributed by atoms with Crippen LogP contribution < -0.4 is 10.6 Å². The van der Waals surface area contributed by atoms with Crippen LogP contribution in [0.1, 0.15) is 28.7 Å². The SMILES string of the molecule is CCc1ccc(Nc2ccc(C(=O)NCc3ccccn3)nc2)cc1. The first-order valence-corrected chi connectivity index (χ1v) is 8.24. The van der Waals surface area contributed by atoms with Gasteiger partial charge in [-0.05, 0) is 48.4 Å². The highest BCUT2D eigenvalue weighted by atomic mass is 16.1. The molecular formula is C20H20N4O. The highest BCUT2D eigenvalue weighted by Crippen LogP contribution is 2.16. The molecule has 0 spiro atoms. The van der Waals surface area contributed by atoms with Crippen molar-refractivity contribution in [1.82, 2.24) is 15.3 Å². The molecule has 1 aromatic carbocycles. The normalized spacial score (nSPS) is 10.3. The molecule has 0 saturated heterocycles. The summed E-state index contributed by atoms with van der Waals surface area (Å²) < 4.78 is 0. The fraction of sp³-hybridized carbons (Fsp3) is 0.150. The minimum Gasteiger partial charge on any atom is -0.354 e. The topological polar surface area (TPSA) is 66.9 Å². The van der Waals surface area contributed by atoms with Gasteiger partial charge in [0.25, 0.3) is 5.91 Å². The van der Waals surface area contributed by atoms with Gasteiger partial charge in [-0.1, -0.05) is 25.1 Å². The van der Waals surface area contributed by atoms with E-state index in [0.29, 0.717) is 12.2 Å². The second kappa shape index (κ2) is 8.06. The molecule has 0 fully saturated rings. The van der Waals surface area contributed by atoms with Gasteiger partial charge in [-0.25, -0.2) is 4.98 Å². The van der Waals surface area contributed by atoms with Gasteiger partial charge in [-0.2, -0.15) is 0 Å². The van der Waals surface area contributed by atoms with Crippen molar-refractivity contribution in [3.8, 4) is 0 Å². The Balaban J connectivity index is 1.58. The second-order valence-electron chi connectivity index (χ2n) is 5.61. The zero-order valence-corrected chi connectivity index (χ0v) is 14.1. The predicted octanol–water partition coefficient (Wildman–Crippen LogP) is 3.71. The summed E-state index contributed by atoms with van der Waals surface area (Å²) in [7, 11) is 0. The van der Waals surface area contributed by atoms with E-state index in [2.05, 4.69) is 39.7 Å². The van der Waals surface area contributed by atoms with Crippen molar-refractivity contribution in [3.63, 3.8) is 0 Å². The van der Waals surface area contributed by atoms with Crippen molar-refractivity contribution in [3.05, 3.63) is 83.9 Å². The molecule has 0 radical (unpaired) electrons. The number of benzene rings is 1. The standard InChI is InChI=1S/C20H20N4O/c1-2-15-6-8-16(9-7-15)24-18-10-11-19(22-14-18)20(25)23-13-17-5-3-4-12-21-17/h3-12,14,24H,2,13H2,1H3,(H,23,25). The van der Waals surface area contributed by atoms with Gasteiger partial charge in [0.15, 0.2) is 0 Å². The summed E-state index contributed by atoms with van der Waals surface area (Å²) >= 11 is 0. The predicted molar refractivity (Wildman–Crippen MR) is 98.7 cm³/mol. The Kier molecular flexibility index (Phi) is 5.36. The average Bonchev–Trinajstić information content (AvgIpc) is 2.68. The van der Waals surface area contributed by atoms with Crippen molar-refractivity contribution in [2.75, 3.05) is 5.32 Å². The lowest BCUT2D eigenvalue weighted by atomic mass is 10.1. The van der Waals surface area contributed by atoms with Gasteiger partial charge in [0.2, 0.25) is 0 Å². The molecule has 0 saturated carbocycles. The number of aryl methyl sites for hydroxylation is 1. The molecule has 0 aliphatic carbocycles. The van der Waals surface area contributed by atoms with Crippen molar-refractivity contribution in [2.45, 2.75) is 19.9 Å². The number of hydrogen-bond donors (Lipinski definition) is 2. The van der Waals surface area contributed by atoms with Gasteiger partial charge >= 0.3 is 0 Å². The summed E-state index contributed by atoms with van der Waals surface area (Å²) in [6.45, 7) is 2.51. The van der Waals surface area contributed by atoms with Crippen molar-refractivity contribution >= 4 is 17.3 Å². The number of anilines is 2. The Labute approximate surface area is 147 Å². The number of nitrogens with one attached hydrogen (secondary N) is 2. The summed E-state index contributed by atoms with van der Waals surface area (Å²) in [5.74, 6) is -0.218. The highest BCUT2D eigenvalue weighted by molar-refractivity contribution is 5.92. The van der Waals surface area contributed by atoms with E-state index >= 15 is 0 Å². The van der Waals surface area contributed by atoms with Gasteiger partial charge in [-0.15, -0.1) is 0 Å². The first-order chi connectivity index (χ1) is 12.2. The van der Waals surface area contributed by atoms with Crippen LogP contribution >= 0.6 is 0 Å². The van der Waals surface area contributed by atoms with Crippen LogP contribution in [0.15, 0.2) is 67.0 Å². The number of carbonyl (C=O) groups excluding carboxylic acids is 1. The minimum atomic E-state index is -0.218. The third-order valence-electron chi connectivity index (χ3n) is 3.80. The van der Waals surface area contributed by atoms with Crippen LogP contribution in [-0.4, -0.2) is 15.9 Å². The Morgan fingerprint density at radius 2 is 1.76 bits per heavy atom. The minimum absolute atomic E-state index is 0.218. The maximum Gasteiger partial charge on any atom is 0.270 e. The van der Waals surface area contributed by atoms with Crippen molar-refractivity contribution < 1.29 is 4.79 Å². The van der Waals surface area contributed by atoms with Crippen LogP contribution in [0.4, 0.5) is 11.4 Å². The van der Waals surface area contributed by atoms with E-state index in [9.17, 15) is 4.79 Å². The molecule has 0 bridgehead atoms. The molecule has 1 amide bonds. The van der Waals surface area contributed by atoms with E-state index < -0.39 is 0 Å². The molecule has 126 valence electrons. The van der Waals surface area contributed by atoms with Gasteiger partial charge < -0.3 is 10.6 Å². The number of carbonyl (C=O) groups is 1. The zero-order valence-electron chi connectivity index (χ0n) is 14.1. The van der Waals surface area contributed by atoms with Gasteiger partial charge in [0.1, 0.15) is 5.69 Å². The average molecular weight is 332 g/mol. The molecule has 5 nitrogen and oxygen atoms in total. The Hall–Kier alpha value is -3.21. The molecule has 2 heterocycles. The molecule has 3 aromatic rings. The monoisotopic (exact) mass is 332 g/mol. The number of pyridine rings is 2. The molecular weight excluding hydrogens is 312 g/mol. The van der Waals surface area contributed by atoms with Gasteiger partial charge in [0.05, 0.1) is 24.1 Å². The molecule has 0 atom stereocenters. The molecule has 0 aliphatic rings. The number of amides is 1. The van der Waals surface area contributed by atoms with E-state index in [4.69, 9.17) is 0 Å². The van der Waals surface area contributed by atoms with E-state index in [1.807, 2.05) is 36.4 Å². The molecule has 0 aliphatic heterocycles. The summed E-state index contributed by atoms with van der Waals surface area (Å²) in [6, 6.07) is 17.4. The van der Waals surface area contributed by atoms with Crippen LogP contribution in [0, 0.1) is 0 Å². The Bertz CT molecular complexity index is 815. The molecule has 2 aromatic heterocycles. The van der Waals surface area contributed by atoms with Crippen molar-refractivity contribution in [2.24, 2.45) is 0 Å². The van der Waals surface area contributed by atoms with Crippen LogP contribution in [-0.2, 0) is 13.0 Å². The summed E-state index contributed by atoms with van der Waals surface area (Å²) in [5.41, 5.74) is 4.31.